The first-order valence-electron chi connectivity index (χ1n) is 9.71. The summed E-state index contributed by atoms with van der Waals surface area (Å²) in [4.78, 5) is 13.1. The van der Waals surface area contributed by atoms with Crippen LogP contribution in [0.15, 0.2) is 36.4 Å². The fourth-order valence-corrected chi connectivity index (χ4v) is 3.62. The number of ether oxygens (including phenoxy) is 4. The van der Waals surface area contributed by atoms with Crippen LogP contribution in [0.3, 0.4) is 0 Å². The highest BCUT2D eigenvalue weighted by Crippen LogP contribution is 2.51. The summed E-state index contributed by atoms with van der Waals surface area (Å²) in [6.45, 7) is 6.25. The number of carbonyl (C=O) groups is 1. The Labute approximate surface area is 181 Å². The van der Waals surface area contributed by atoms with Crippen molar-refractivity contribution in [2.75, 3.05) is 20.8 Å². The number of methoxy groups -OCH3 is 2. The van der Waals surface area contributed by atoms with Crippen molar-refractivity contribution in [2.45, 2.75) is 27.2 Å². The number of fused-ring (bicyclic) bond motifs is 1. The molecule has 30 heavy (non-hydrogen) atoms. The zero-order valence-electron chi connectivity index (χ0n) is 17.8. The summed E-state index contributed by atoms with van der Waals surface area (Å²) in [6, 6.07) is 10.9. The maximum atomic E-state index is 13.1. The van der Waals surface area contributed by atoms with Crippen molar-refractivity contribution in [1.29, 1.82) is 0 Å². The molecule has 0 spiro atoms. The van der Waals surface area contributed by atoms with Crippen LogP contribution in [0.4, 0.5) is 0 Å². The van der Waals surface area contributed by atoms with E-state index in [0.717, 1.165) is 17.5 Å². The highest BCUT2D eigenvalue weighted by Gasteiger charge is 2.26. The molecular formula is C24H25ClO5. The molecule has 0 saturated heterocycles. The molecule has 0 amide bonds. The Morgan fingerprint density at radius 3 is 2.13 bits per heavy atom. The monoisotopic (exact) mass is 428 g/mol. The van der Waals surface area contributed by atoms with Crippen LogP contribution >= 0.6 is 11.6 Å². The number of hydrogen-bond donors (Lipinski definition) is 0. The minimum absolute atomic E-state index is 0.262. The molecule has 0 bridgehead atoms. The van der Waals surface area contributed by atoms with Gasteiger partial charge in [-0.1, -0.05) is 36.7 Å². The molecule has 3 rings (SSSR count). The summed E-state index contributed by atoms with van der Waals surface area (Å²) >= 11 is 6.25. The van der Waals surface area contributed by atoms with Gasteiger partial charge in [0.15, 0.2) is 11.5 Å². The van der Waals surface area contributed by atoms with Gasteiger partial charge in [0.1, 0.15) is 0 Å². The van der Waals surface area contributed by atoms with Crippen LogP contribution in [-0.4, -0.2) is 26.8 Å². The number of halogens is 1. The fourth-order valence-electron chi connectivity index (χ4n) is 3.45. The second kappa shape index (κ2) is 9.26. The zero-order valence-corrected chi connectivity index (χ0v) is 18.6. The van der Waals surface area contributed by atoms with Gasteiger partial charge in [-0.05, 0) is 49.6 Å². The van der Waals surface area contributed by atoms with Crippen molar-refractivity contribution in [3.05, 3.63) is 58.1 Å². The second-order valence-corrected chi connectivity index (χ2v) is 7.36. The lowest BCUT2D eigenvalue weighted by molar-refractivity contribution is 0.0730. The summed E-state index contributed by atoms with van der Waals surface area (Å²) in [5.41, 5.74) is 2.19. The van der Waals surface area contributed by atoms with Gasteiger partial charge in [-0.15, -0.1) is 0 Å². The molecule has 0 atom stereocenters. The van der Waals surface area contributed by atoms with Crippen LogP contribution in [0.2, 0.25) is 5.02 Å². The lowest BCUT2D eigenvalue weighted by Crippen LogP contribution is -2.13. The molecule has 0 heterocycles. The van der Waals surface area contributed by atoms with Crippen LogP contribution in [0, 0.1) is 13.8 Å². The molecule has 3 aromatic carbocycles. The van der Waals surface area contributed by atoms with Crippen LogP contribution in [0.5, 0.6) is 23.0 Å². The average Bonchev–Trinajstić information content (AvgIpc) is 2.72. The second-order valence-electron chi connectivity index (χ2n) is 6.92. The molecule has 0 radical (unpaired) electrons. The molecule has 0 saturated carbocycles. The molecule has 6 heteroatoms. The lowest BCUT2D eigenvalue weighted by Gasteiger charge is -2.20. The van der Waals surface area contributed by atoms with Gasteiger partial charge in [0.05, 0.1) is 26.4 Å². The van der Waals surface area contributed by atoms with Gasteiger partial charge in [-0.3, -0.25) is 0 Å². The van der Waals surface area contributed by atoms with Crippen LogP contribution in [-0.2, 0) is 0 Å². The lowest BCUT2D eigenvalue weighted by atomic mass is 10.0. The summed E-state index contributed by atoms with van der Waals surface area (Å²) in [6.07, 6.45) is 0.816. The molecule has 0 aromatic heterocycles. The van der Waals surface area contributed by atoms with E-state index >= 15 is 0 Å². The first kappa shape index (κ1) is 21.8. The van der Waals surface area contributed by atoms with Gasteiger partial charge in [-0.25, -0.2) is 4.79 Å². The van der Waals surface area contributed by atoms with Crippen LogP contribution in [0.1, 0.15) is 34.8 Å². The third-order valence-corrected chi connectivity index (χ3v) is 5.06. The maximum absolute atomic E-state index is 13.1. The molecule has 5 nitrogen and oxygen atoms in total. The highest BCUT2D eigenvalue weighted by molar-refractivity contribution is 6.31. The molecule has 3 aromatic rings. The van der Waals surface area contributed by atoms with E-state index in [1.165, 1.54) is 14.2 Å². The van der Waals surface area contributed by atoms with E-state index in [9.17, 15) is 4.79 Å². The van der Waals surface area contributed by atoms with E-state index in [2.05, 4.69) is 0 Å². The van der Waals surface area contributed by atoms with Crippen molar-refractivity contribution >= 4 is 28.3 Å². The summed E-state index contributed by atoms with van der Waals surface area (Å²) < 4.78 is 23.1. The fraction of sp³-hybridized carbons (Fsp3) is 0.292. The van der Waals surface area contributed by atoms with Crippen molar-refractivity contribution in [1.82, 2.24) is 0 Å². The molecule has 0 N–H and O–H groups in total. The van der Waals surface area contributed by atoms with Gasteiger partial charge in [0.2, 0.25) is 11.5 Å². The summed E-state index contributed by atoms with van der Waals surface area (Å²) in [5.74, 6) is 0.936. The Morgan fingerprint density at radius 2 is 1.53 bits per heavy atom. The number of esters is 1. The Morgan fingerprint density at radius 1 is 0.900 bits per heavy atom. The van der Waals surface area contributed by atoms with Crippen molar-refractivity contribution in [2.24, 2.45) is 0 Å². The van der Waals surface area contributed by atoms with Gasteiger partial charge >= 0.3 is 5.97 Å². The average molecular weight is 429 g/mol. The Hall–Kier alpha value is -2.92. The first-order valence-corrected chi connectivity index (χ1v) is 10.1. The molecule has 0 aliphatic heterocycles. The van der Waals surface area contributed by atoms with Gasteiger partial charge < -0.3 is 18.9 Å². The third-order valence-electron chi connectivity index (χ3n) is 4.83. The van der Waals surface area contributed by atoms with Gasteiger partial charge in [0.25, 0.3) is 0 Å². The Balaban J connectivity index is 2.24. The Kier molecular flexibility index (Phi) is 6.73. The quantitative estimate of drug-likeness (QED) is 0.334. The third kappa shape index (κ3) is 4.03. The minimum atomic E-state index is -0.468. The first-order chi connectivity index (χ1) is 14.4. The highest BCUT2D eigenvalue weighted by atomic mass is 35.5. The normalized spacial score (nSPS) is 10.7. The van der Waals surface area contributed by atoms with Gasteiger partial charge in [-0.2, -0.15) is 0 Å². The van der Waals surface area contributed by atoms with E-state index in [4.69, 9.17) is 30.5 Å². The van der Waals surface area contributed by atoms with Crippen molar-refractivity contribution < 1.29 is 23.7 Å². The molecule has 0 aliphatic carbocycles. The van der Waals surface area contributed by atoms with Crippen molar-refractivity contribution in [3.8, 4) is 23.0 Å². The molecule has 0 unspecified atom stereocenters. The predicted molar refractivity (Wildman–Crippen MR) is 119 cm³/mol. The molecule has 0 fully saturated rings. The van der Waals surface area contributed by atoms with E-state index < -0.39 is 5.97 Å². The van der Waals surface area contributed by atoms with E-state index in [1.54, 1.807) is 18.2 Å². The summed E-state index contributed by atoms with van der Waals surface area (Å²) in [5, 5.41) is 1.85. The number of aryl methyl sites for hydroxylation is 2. The minimum Gasteiger partial charge on any atom is -0.490 e. The zero-order chi connectivity index (χ0) is 21.8. The van der Waals surface area contributed by atoms with E-state index in [-0.39, 0.29) is 11.5 Å². The smallest absolute Gasteiger partial charge is 0.344 e. The number of hydrogen-bond acceptors (Lipinski definition) is 5. The largest absolute Gasteiger partial charge is 0.490 e. The van der Waals surface area contributed by atoms with E-state index in [0.29, 0.717) is 39.5 Å². The molecular weight excluding hydrogens is 404 g/mol. The van der Waals surface area contributed by atoms with Gasteiger partial charge in [0, 0.05) is 15.8 Å². The Bertz CT molecular complexity index is 1070. The van der Waals surface area contributed by atoms with Crippen molar-refractivity contribution in [3.63, 3.8) is 0 Å². The van der Waals surface area contributed by atoms with E-state index in [1.807, 2.05) is 39.0 Å². The molecule has 0 aliphatic rings. The number of benzene rings is 3. The van der Waals surface area contributed by atoms with Crippen LogP contribution < -0.4 is 18.9 Å². The van der Waals surface area contributed by atoms with Crippen LogP contribution in [0.25, 0.3) is 10.8 Å². The molecule has 158 valence electrons. The SMILES string of the molecule is CCCOc1c(OC)c(OC)c(OC(=O)c2c(C)cccc2C)c2ccc(Cl)cc12. The maximum Gasteiger partial charge on any atom is 0.344 e. The number of carbonyl (C=O) groups excluding carboxylic acids is 1. The number of rotatable bonds is 7. The topological polar surface area (TPSA) is 54.0 Å². The summed E-state index contributed by atoms with van der Waals surface area (Å²) in [7, 11) is 3.02. The standard InChI is InChI=1S/C24H25ClO5/c1-6-12-29-20-18-13-16(25)10-11-17(18)21(23(28-5)22(20)27-4)30-24(26)19-14(2)8-7-9-15(19)3/h7-11,13H,6,12H2,1-5H3. The predicted octanol–water partition coefficient (Wildman–Crippen LogP) is 6.14.